The lowest BCUT2D eigenvalue weighted by Gasteiger charge is -2.18. The number of aromatic nitrogens is 9. The Morgan fingerprint density at radius 3 is 2.47 bits per heavy atom. The fourth-order valence-corrected chi connectivity index (χ4v) is 4.50. The molecule has 0 saturated carbocycles. The Morgan fingerprint density at radius 1 is 1.07 bits per heavy atom. The number of hydrogen-bond acceptors (Lipinski definition) is 6. The molecule has 0 spiro atoms. The zero-order valence-corrected chi connectivity index (χ0v) is 22.4. The molecule has 0 bridgehead atoms. The number of hydrogen-bond donors (Lipinski definition) is 1. The number of nitrogens with zero attached hydrogens (tertiary/aromatic N) is 8. The predicted molar refractivity (Wildman–Crippen MR) is 131 cm³/mol. The lowest BCUT2D eigenvalue weighted by Crippen LogP contribution is -2.37. The van der Waals surface area contributed by atoms with Crippen LogP contribution in [0.2, 0.25) is 5.02 Å². The fraction of sp³-hybridized carbons (Fsp3) is 0.250. The van der Waals surface area contributed by atoms with E-state index < -0.39 is 36.7 Å². The van der Waals surface area contributed by atoms with Crippen molar-refractivity contribution < 1.29 is 44.9 Å². The highest BCUT2D eigenvalue weighted by Gasteiger charge is 2.41. The summed E-state index contributed by atoms with van der Waals surface area (Å²) in [6, 6.07) is 3.73. The minimum Gasteiger partial charge on any atom is -0.618 e. The van der Waals surface area contributed by atoms with E-state index >= 15 is 4.39 Å². The molecule has 4 heterocycles. The van der Waals surface area contributed by atoms with Gasteiger partial charge in [-0.05, 0) is 18.2 Å². The van der Waals surface area contributed by atoms with Gasteiger partial charge in [0.05, 0.1) is 39.6 Å². The Labute approximate surface area is 241 Å². The summed E-state index contributed by atoms with van der Waals surface area (Å²) in [6.07, 6.45) is -4.44. The zero-order valence-electron chi connectivity index (χ0n) is 21.6. The van der Waals surface area contributed by atoms with Crippen LogP contribution in [0.3, 0.4) is 0 Å². The monoisotopic (exact) mass is 632 g/mol. The Hall–Kier alpha value is -4.58. The maximum absolute atomic E-state index is 15.3. The van der Waals surface area contributed by atoms with Crippen LogP contribution in [-0.2, 0) is 18.0 Å². The molecule has 1 aromatic carbocycles. The Bertz CT molecular complexity index is 1760. The van der Waals surface area contributed by atoms with E-state index in [9.17, 15) is 31.5 Å². The molecule has 43 heavy (non-hydrogen) atoms. The van der Waals surface area contributed by atoms with Gasteiger partial charge in [0.2, 0.25) is 5.69 Å². The molecule has 4 aromatic heterocycles. The second-order valence-corrected chi connectivity index (χ2v) is 9.44. The van der Waals surface area contributed by atoms with Crippen molar-refractivity contribution >= 4 is 11.6 Å². The first-order valence-corrected chi connectivity index (χ1v) is 12.5. The van der Waals surface area contributed by atoms with Gasteiger partial charge in [0.1, 0.15) is 12.4 Å². The van der Waals surface area contributed by atoms with Gasteiger partial charge >= 0.3 is 18.2 Å². The van der Waals surface area contributed by atoms with Crippen molar-refractivity contribution in [1.82, 2.24) is 34.9 Å². The van der Waals surface area contributed by atoms with Crippen LogP contribution in [0.15, 0.2) is 55.4 Å². The maximum atomic E-state index is 15.3. The first-order chi connectivity index (χ1) is 20.2. The van der Waals surface area contributed by atoms with Crippen LogP contribution in [0.25, 0.3) is 28.2 Å². The van der Waals surface area contributed by atoms with Gasteiger partial charge < -0.3 is 5.21 Å². The molecule has 1 atom stereocenters. The molecule has 0 aliphatic carbocycles. The highest BCUT2D eigenvalue weighted by molar-refractivity contribution is 6.31. The van der Waals surface area contributed by atoms with Crippen molar-refractivity contribution in [2.24, 2.45) is 7.05 Å². The normalized spacial score (nSPS) is 13.0. The van der Waals surface area contributed by atoms with Gasteiger partial charge in [0.15, 0.2) is 29.7 Å². The minimum atomic E-state index is -4.92. The number of aryl methyl sites for hydroxylation is 1. The van der Waals surface area contributed by atoms with Crippen molar-refractivity contribution in [3.8, 4) is 28.2 Å². The quantitative estimate of drug-likeness (QED) is 0.155. The number of aromatic amines is 1. The lowest BCUT2D eigenvalue weighted by molar-refractivity contribution is -0.659. The summed E-state index contributed by atoms with van der Waals surface area (Å²) in [5, 5.41) is 26.4. The molecule has 11 nitrogen and oxygen atoms in total. The molecular weight excluding hydrogens is 615 g/mol. The van der Waals surface area contributed by atoms with E-state index in [4.69, 9.17) is 11.6 Å². The van der Waals surface area contributed by atoms with E-state index in [1.165, 1.54) is 46.3 Å². The largest absolute Gasteiger partial charge is 0.618 e. The number of nitrogens with one attached hydrogen (secondary N) is 1. The average Bonchev–Trinajstić information content (AvgIpc) is 3.69. The Morgan fingerprint density at radius 2 is 1.84 bits per heavy atom. The summed E-state index contributed by atoms with van der Waals surface area (Å²) in [5.41, 5.74) is -1.53. The molecule has 0 radical (unpaired) electrons. The number of ether oxygens (including phenoxy) is 1. The molecule has 226 valence electrons. The van der Waals surface area contributed by atoms with Crippen molar-refractivity contribution in [1.29, 1.82) is 0 Å². The van der Waals surface area contributed by atoms with Gasteiger partial charge in [-0.15, -0.1) is 17.9 Å². The number of benzene rings is 1. The van der Waals surface area contributed by atoms with Crippen molar-refractivity contribution in [3.05, 3.63) is 82.8 Å². The second-order valence-electron chi connectivity index (χ2n) is 9.03. The Kier molecular flexibility index (Phi) is 7.82. The molecule has 0 aliphatic rings. The van der Waals surface area contributed by atoms with Gasteiger partial charge in [0.25, 0.3) is 0 Å². The highest BCUT2D eigenvalue weighted by atomic mass is 35.5. The SMILES string of the molecule is Cn1ncnc1-c1cnn([C@H](CCOC(F)(F)F)c2ccc(-c3c(-[n+]4cc(C(F)(F)F)n[nH]4)ccc(Cl)c3F)c[n+]2[O-])c1. The summed E-state index contributed by atoms with van der Waals surface area (Å²) in [6.45, 7) is -0.833. The number of alkyl halides is 6. The standard InChI is InChI=1S/C24H17ClF7N9O2/c1-38-22(33-12-35-38)14-8-34-39(9-14)16(6-7-43-24(30,31)32)17-4-2-13(10-41(17)42)20-18(5-3-15(25)21(20)26)40-11-19(36-37-40)23(27,28)29/h2-5,8-12,16H,6-7H2,1H3/p+1/t16-/m1/s1. The molecule has 0 saturated heterocycles. The second kappa shape index (κ2) is 11.3. The number of rotatable bonds is 8. The average molecular weight is 633 g/mol. The number of pyridine rings is 1. The molecule has 0 unspecified atom stereocenters. The first kappa shape index (κ1) is 29.9. The van der Waals surface area contributed by atoms with Crippen molar-refractivity contribution in [2.75, 3.05) is 6.61 Å². The predicted octanol–water partition coefficient (Wildman–Crippen LogP) is 4.31. The third kappa shape index (κ3) is 6.29. The number of halogens is 8. The molecule has 1 N–H and O–H groups in total. The summed E-state index contributed by atoms with van der Waals surface area (Å²) < 4.78 is 101. The molecule has 0 amide bonds. The molecule has 5 aromatic rings. The van der Waals surface area contributed by atoms with E-state index in [1.807, 2.05) is 0 Å². The Balaban J connectivity index is 1.55. The third-order valence-corrected chi connectivity index (χ3v) is 6.57. The van der Waals surface area contributed by atoms with Gasteiger partial charge in [0, 0.05) is 25.7 Å². The first-order valence-electron chi connectivity index (χ1n) is 12.1. The molecule has 5 rings (SSSR count). The minimum absolute atomic E-state index is 0.0975. The molecule has 0 fully saturated rings. The summed E-state index contributed by atoms with van der Waals surface area (Å²) >= 11 is 5.95. The lowest BCUT2D eigenvalue weighted by atomic mass is 10.0. The topological polar surface area (TPSA) is 117 Å². The third-order valence-electron chi connectivity index (χ3n) is 6.27. The van der Waals surface area contributed by atoms with Crippen LogP contribution in [-0.4, -0.2) is 47.8 Å². The van der Waals surface area contributed by atoms with Crippen LogP contribution >= 0.6 is 11.6 Å². The summed E-state index contributed by atoms with van der Waals surface area (Å²) in [5.74, 6) is -0.645. The molecular formula is C24H18ClF7N9O2+. The zero-order chi connectivity index (χ0) is 31.1. The molecule has 19 heteroatoms. The smallest absolute Gasteiger partial charge is 0.522 e. The van der Waals surface area contributed by atoms with Crippen molar-refractivity contribution in [3.63, 3.8) is 0 Å². The van der Waals surface area contributed by atoms with Gasteiger partial charge in [-0.2, -0.15) is 28.1 Å². The van der Waals surface area contributed by atoms with E-state index in [0.717, 1.165) is 16.9 Å². The van der Waals surface area contributed by atoms with Gasteiger partial charge in [-0.3, -0.25) is 9.42 Å². The number of H-pyrrole nitrogens is 1. The van der Waals surface area contributed by atoms with Crippen LogP contribution in [0, 0.1) is 11.0 Å². The van der Waals surface area contributed by atoms with E-state index in [-0.39, 0.29) is 34.0 Å². The van der Waals surface area contributed by atoms with Gasteiger partial charge in [-0.1, -0.05) is 16.8 Å². The maximum Gasteiger partial charge on any atom is 0.522 e. The van der Waals surface area contributed by atoms with Crippen LogP contribution in [0.4, 0.5) is 30.7 Å². The molecule has 0 aliphatic heterocycles. The summed E-state index contributed by atoms with van der Waals surface area (Å²) in [4.78, 5) is 4.09. The fourth-order valence-electron chi connectivity index (χ4n) is 4.35. The van der Waals surface area contributed by atoms with Crippen LogP contribution in [0.5, 0.6) is 0 Å². The van der Waals surface area contributed by atoms with Crippen LogP contribution < -0.4 is 9.41 Å². The van der Waals surface area contributed by atoms with E-state index in [2.05, 4.69) is 30.2 Å². The van der Waals surface area contributed by atoms with Crippen LogP contribution in [0.1, 0.15) is 23.9 Å². The van der Waals surface area contributed by atoms with E-state index in [0.29, 0.717) is 22.3 Å². The van der Waals surface area contributed by atoms with E-state index in [1.54, 1.807) is 7.05 Å². The summed E-state index contributed by atoms with van der Waals surface area (Å²) in [7, 11) is 1.62. The van der Waals surface area contributed by atoms with Crippen molar-refractivity contribution in [2.45, 2.75) is 25.0 Å². The highest BCUT2D eigenvalue weighted by Crippen LogP contribution is 2.33. The van der Waals surface area contributed by atoms with Gasteiger partial charge in [-0.25, -0.2) is 14.1 Å².